The van der Waals surface area contributed by atoms with Crippen molar-refractivity contribution in [2.24, 2.45) is 11.8 Å². The van der Waals surface area contributed by atoms with Crippen LogP contribution in [0, 0.1) is 11.8 Å². The van der Waals surface area contributed by atoms with Crippen molar-refractivity contribution in [3.63, 3.8) is 0 Å². The number of ether oxygens (including phenoxy) is 1. The highest BCUT2D eigenvalue weighted by atomic mass is 16.6. The molecule has 45 heavy (non-hydrogen) atoms. The van der Waals surface area contributed by atoms with Crippen LogP contribution in [-0.2, 0) is 19.1 Å². The van der Waals surface area contributed by atoms with Gasteiger partial charge in [-0.2, -0.15) is 0 Å². The Hall–Kier alpha value is -3.88. The number of carboxylic acid groups (broad SMARTS) is 1. The second-order valence-corrected chi connectivity index (χ2v) is 13.2. The monoisotopic (exact) mass is 617 g/mol. The van der Waals surface area contributed by atoms with Crippen molar-refractivity contribution >= 4 is 23.9 Å². The van der Waals surface area contributed by atoms with Gasteiger partial charge in [0.15, 0.2) is 0 Å². The number of fused-ring (bicyclic) bond motifs is 3. The van der Waals surface area contributed by atoms with Crippen LogP contribution in [0.25, 0.3) is 11.1 Å². The Morgan fingerprint density at radius 3 is 1.93 bits per heavy atom. The van der Waals surface area contributed by atoms with Gasteiger partial charge in [-0.25, -0.2) is 4.79 Å². The second-order valence-electron chi connectivity index (χ2n) is 13.2. The van der Waals surface area contributed by atoms with Gasteiger partial charge in [0, 0.05) is 33.6 Å². The highest BCUT2D eigenvalue weighted by molar-refractivity contribution is 5.93. The number of benzene rings is 2. The van der Waals surface area contributed by atoms with Crippen molar-refractivity contribution in [3.8, 4) is 11.1 Å². The predicted molar refractivity (Wildman–Crippen MR) is 172 cm³/mol. The molecule has 0 aliphatic heterocycles. The molecule has 2 fully saturated rings. The van der Waals surface area contributed by atoms with E-state index in [2.05, 4.69) is 24.3 Å². The summed E-state index contributed by atoms with van der Waals surface area (Å²) in [5.74, 6) is -1.71. The molecule has 0 radical (unpaired) electrons. The number of carbonyl (C=O) groups is 4. The van der Waals surface area contributed by atoms with E-state index < -0.39 is 36.5 Å². The topological polar surface area (TPSA) is 107 Å². The molecule has 0 saturated heterocycles. The summed E-state index contributed by atoms with van der Waals surface area (Å²) >= 11 is 0. The second kappa shape index (κ2) is 14.5. The summed E-state index contributed by atoms with van der Waals surface area (Å²) in [5, 5.41) is 9.79. The van der Waals surface area contributed by atoms with Crippen LogP contribution in [0.5, 0.6) is 0 Å². The van der Waals surface area contributed by atoms with Crippen molar-refractivity contribution in [2.45, 2.75) is 82.2 Å². The van der Waals surface area contributed by atoms with E-state index in [9.17, 15) is 24.3 Å². The van der Waals surface area contributed by atoms with Gasteiger partial charge in [0.1, 0.15) is 18.7 Å². The molecule has 0 spiro atoms. The van der Waals surface area contributed by atoms with Crippen LogP contribution in [0.2, 0.25) is 0 Å². The van der Waals surface area contributed by atoms with Gasteiger partial charge in [-0.05, 0) is 53.4 Å². The van der Waals surface area contributed by atoms with Gasteiger partial charge in [0.2, 0.25) is 11.8 Å². The molecule has 2 unspecified atom stereocenters. The number of hydrogen-bond acceptors (Lipinski definition) is 5. The Morgan fingerprint density at radius 1 is 0.822 bits per heavy atom. The number of aliphatic carboxylic acids is 1. The first-order chi connectivity index (χ1) is 21.7. The smallest absolute Gasteiger partial charge is 0.410 e. The van der Waals surface area contributed by atoms with Gasteiger partial charge in [0.05, 0.1) is 6.42 Å². The normalized spacial score (nSPS) is 17.8. The third-order valence-corrected chi connectivity index (χ3v) is 10.1. The van der Waals surface area contributed by atoms with Crippen molar-refractivity contribution in [1.82, 2.24) is 14.7 Å². The van der Waals surface area contributed by atoms with Crippen LogP contribution in [0.4, 0.5) is 4.79 Å². The summed E-state index contributed by atoms with van der Waals surface area (Å²) in [6.07, 6.45) is 7.50. The van der Waals surface area contributed by atoms with Crippen LogP contribution in [0.3, 0.4) is 0 Å². The van der Waals surface area contributed by atoms with Gasteiger partial charge < -0.3 is 19.6 Å². The minimum Gasteiger partial charge on any atom is -0.481 e. The third kappa shape index (κ3) is 7.18. The van der Waals surface area contributed by atoms with E-state index in [1.165, 1.54) is 14.7 Å². The van der Waals surface area contributed by atoms with Crippen LogP contribution in [0.15, 0.2) is 48.5 Å². The fourth-order valence-corrected chi connectivity index (χ4v) is 7.77. The molecule has 0 aromatic heterocycles. The zero-order chi connectivity index (χ0) is 32.1. The zero-order valence-corrected chi connectivity index (χ0v) is 26.8. The molecule has 242 valence electrons. The average molecular weight is 618 g/mol. The van der Waals surface area contributed by atoms with Crippen LogP contribution in [0.1, 0.15) is 81.3 Å². The van der Waals surface area contributed by atoms with Gasteiger partial charge in [-0.3, -0.25) is 19.3 Å². The molecule has 2 saturated carbocycles. The van der Waals surface area contributed by atoms with Crippen LogP contribution in [-0.4, -0.2) is 90.1 Å². The van der Waals surface area contributed by atoms with Crippen molar-refractivity contribution in [1.29, 1.82) is 0 Å². The van der Waals surface area contributed by atoms with Crippen molar-refractivity contribution in [3.05, 3.63) is 59.7 Å². The Balaban J connectivity index is 1.39. The summed E-state index contributed by atoms with van der Waals surface area (Å²) in [6, 6.07) is 14.3. The summed E-state index contributed by atoms with van der Waals surface area (Å²) < 4.78 is 5.97. The number of hydrogen-bond donors (Lipinski definition) is 1. The largest absolute Gasteiger partial charge is 0.481 e. The lowest BCUT2D eigenvalue weighted by Crippen LogP contribution is -2.58. The number of nitrogens with zero attached hydrogens (tertiary/aromatic N) is 3. The molecular weight excluding hydrogens is 570 g/mol. The Kier molecular flexibility index (Phi) is 10.5. The molecule has 9 heteroatoms. The fraction of sp³-hybridized carbons (Fsp3) is 0.556. The Bertz CT molecular complexity index is 1330. The highest BCUT2D eigenvalue weighted by Crippen LogP contribution is 2.44. The first kappa shape index (κ1) is 32.5. The molecule has 9 nitrogen and oxygen atoms in total. The van der Waals surface area contributed by atoms with Crippen LogP contribution >= 0.6 is 0 Å². The molecular formula is C36H47N3O6. The molecule has 3 aliphatic rings. The Labute approximate surface area is 266 Å². The van der Waals surface area contributed by atoms with E-state index >= 15 is 0 Å². The number of likely N-dealkylation sites (N-methyl/N-ethyl adjacent to an activating group) is 2. The van der Waals surface area contributed by atoms with E-state index in [-0.39, 0.29) is 30.9 Å². The lowest BCUT2D eigenvalue weighted by atomic mass is 9.94. The quantitative estimate of drug-likeness (QED) is 0.324. The Morgan fingerprint density at radius 2 is 1.38 bits per heavy atom. The lowest BCUT2D eigenvalue weighted by Gasteiger charge is -2.39. The molecule has 2 atom stereocenters. The summed E-state index contributed by atoms with van der Waals surface area (Å²) in [4.78, 5) is 58.0. The molecule has 2 aromatic rings. The summed E-state index contributed by atoms with van der Waals surface area (Å²) in [7, 11) is 4.76. The van der Waals surface area contributed by atoms with Gasteiger partial charge in [-0.15, -0.1) is 0 Å². The SMILES string of the molecule is CN(C)C(=O)C(CC(=O)O)N(CCC1CCCC1)C(=O)C(C1CCCC1)N(C)C(=O)OCC1c2ccccc2-c2ccccc21. The average Bonchev–Trinajstić information content (AvgIpc) is 3.81. The summed E-state index contributed by atoms with van der Waals surface area (Å²) in [5.41, 5.74) is 4.48. The molecule has 3 aliphatic carbocycles. The first-order valence-electron chi connectivity index (χ1n) is 16.5. The first-order valence-corrected chi connectivity index (χ1v) is 16.5. The highest BCUT2D eigenvalue weighted by Gasteiger charge is 2.43. The lowest BCUT2D eigenvalue weighted by molar-refractivity contribution is -0.152. The van der Waals surface area contributed by atoms with E-state index in [4.69, 9.17) is 4.74 Å². The van der Waals surface area contributed by atoms with E-state index in [0.29, 0.717) is 12.3 Å². The molecule has 3 amide bonds. The van der Waals surface area contributed by atoms with Crippen molar-refractivity contribution < 1.29 is 29.0 Å². The zero-order valence-electron chi connectivity index (χ0n) is 26.8. The number of amides is 3. The molecule has 0 bridgehead atoms. The standard InChI is InChI=1S/C36H47N3O6/c1-37(2)34(42)31(22-32(40)41)39(21-20-24-12-4-5-13-24)35(43)33(25-14-6-7-15-25)38(3)36(44)45-23-30-28-18-10-8-16-26(28)27-17-9-11-19-29(27)30/h8-11,16-19,24-25,30-31,33H,4-7,12-15,20-23H2,1-3H3,(H,40,41). The van der Waals surface area contributed by atoms with Crippen molar-refractivity contribution in [2.75, 3.05) is 34.3 Å². The van der Waals surface area contributed by atoms with E-state index in [0.717, 1.165) is 73.6 Å². The van der Waals surface area contributed by atoms with E-state index in [1.807, 2.05) is 24.3 Å². The maximum atomic E-state index is 14.6. The number of carboxylic acids is 1. The van der Waals surface area contributed by atoms with Crippen LogP contribution < -0.4 is 0 Å². The molecule has 5 rings (SSSR count). The number of rotatable bonds is 12. The maximum Gasteiger partial charge on any atom is 0.410 e. The molecule has 1 N–H and O–H groups in total. The minimum absolute atomic E-state index is 0.100. The van der Waals surface area contributed by atoms with Gasteiger partial charge >= 0.3 is 12.1 Å². The van der Waals surface area contributed by atoms with E-state index in [1.54, 1.807) is 21.1 Å². The number of carbonyl (C=O) groups excluding carboxylic acids is 3. The molecule has 0 heterocycles. The predicted octanol–water partition coefficient (Wildman–Crippen LogP) is 5.77. The third-order valence-electron chi connectivity index (χ3n) is 10.1. The van der Waals surface area contributed by atoms with Gasteiger partial charge in [-0.1, -0.05) is 87.1 Å². The van der Waals surface area contributed by atoms with Gasteiger partial charge in [0.25, 0.3) is 0 Å². The molecule has 2 aromatic carbocycles. The fourth-order valence-electron chi connectivity index (χ4n) is 7.77. The summed E-state index contributed by atoms with van der Waals surface area (Å²) in [6.45, 7) is 0.414. The minimum atomic E-state index is -1.15. The maximum absolute atomic E-state index is 14.6.